The molecule has 0 aliphatic heterocycles. The number of carbonyl (C=O) groups excluding carboxylic acids is 1. The van der Waals surface area contributed by atoms with Gasteiger partial charge in [-0.2, -0.15) is 0 Å². The molecule has 2 rings (SSSR count). The molecule has 0 amide bonds. The van der Waals surface area contributed by atoms with Gasteiger partial charge in [0.05, 0.1) is 13.2 Å². The molecule has 1 aromatic rings. The maximum atomic E-state index is 11.9. The van der Waals surface area contributed by atoms with Crippen molar-refractivity contribution in [3.8, 4) is 5.75 Å². The molecular weight excluding hydrogens is 216 g/mol. The molecule has 0 bridgehead atoms. The zero-order valence-corrected chi connectivity index (χ0v) is 10.1. The third-order valence-corrected chi connectivity index (χ3v) is 3.14. The van der Waals surface area contributed by atoms with E-state index in [-0.39, 0.29) is 18.5 Å². The van der Waals surface area contributed by atoms with Crippen molar-refractivity contribution in [3.05, 3.63) is 29.8 Å². The number of hydrogen-bond donors (Lipinski definition) is 0. The van der Waals surface area contributed by atoms with Crippen LogP contribution < -0.4 is 4.74 Å². The lowest BCUT2D eigenvalue weighted by molar-refractivity contribution is 0.0482. The summed E-state index contributed by atoms with van der Waals surface area (Å²) in [5.41, 5.74) is 0.655. The number of ether oxygens (including phenoxy) is 2. The minimum Gasteiger partial charge on any atom is -0.497 e. The number of rotatable bonds is 5. The van der Waals surface area contributed by atoms with E-state index in [2.05, 4.69) is 0 Å². The van der Waals surface area contributed by atoms with Gasteiger partial charge in [0.2, 0.25) is 0 Å². The first-order valence-corrected chi connectivity index (χ1v) is 6.08. The van der Waals surface area contributed by atoms with Crippen molar-refractivity contribution in [3.63, 3.8) is 0 Å². The van der Waals surface area contributed by atoms with Crippen LogP contribution in [0.3, 0.4) is 0 Å². The summed E-state index contributed by atoms with van der Waals surface area (Å²) in [7, 11) is 1.60. The maximum absolute atomic E-state index is 11.9. The van der Waals surface area contributed by atoms with Crippen molar-refractivity contribution < 1.29 is 14.3 Å². The number of hydrogen-bond acceptors (Lipinski definition) is 3. The van der Waals surface area contributed by atoms with E-state index >= 15 is 0 Å². The van der Waals surface area contributed by atoms with E-state index in [1.807, 2.05) is 12.1 Å². The first-order chi connectivity index (χ1) is 8.29. The summed E-state index contributed by atoms with van der Waals surface area (Å²) in [4.78, 5) is 11.9. The van der Waals surface area contributed by atoms with E-state index in [1.54, 1.807) is 19.2 Å². The number of carbonyl (C=O) groups is 1. The lowest BCUT2D eigenvalue weighted by Gasteiger charge is -2.10. The predicted octanol–water partition coefficient (Wildman–Crippen LogP) is 2.84. The van der Waals surface area contributed by atoms with Crippen molar-refractivity contribution in [2.45, 2.75) is 31.8 Å². The van der Waals surface area contributed by atoms with Gasteiger partial charge < -0.3 is 9.47 Å². The van der Waals surface area contributed by atoms with Crippen LogP contribution in [0, 0.1) is 0 Å². The summed E-state index contributed by atoms with van der Waals surface area (Å²) in [5.74, 6) is 0.729. The molecule has 0 heterocycles. The topological polar surface area (TPSA) is 35.5 Å². The fraction of sp³-hybridized carbons (Fsp3) is 0.500. The molecule has 92 valence electrons. The minimum absolute atomic E-state index is 0.0239. The van der Waals surface area contributed by atoms with E-state index in [0.29, 0.717) is 11.3 Å². The van der Waals surface area contributed by atoms with Gasteiger partial charge in [-0.1, -0.05) is 25.0 Å². The highest BCUT2D eigenvalue weighted by molar-refractivity contribution is 5.97. The van der Waals surface area contributed by atoms with Gasteiger partial charge in [0.1, 0.15) is 12.4 Å². The second kappa shape index (κ2) is 5.82. The quantitative estimate of drug-likeness (QED) is 0.735. The van der Waals surface area contributed by atoms with Crippen LogP contribution in [0.2, 0.25) is 0 Å². The van der Waals surface area contributed by atoms with Gasteiger partial charge in [0.15, 0.2) is 5.78 Å². The van der Waals surface area contributed by atoms with Crippen LogP contribution in [0.1, 0.15) is 36.0 Å². The number of ketones is 1. The zero-order chi connectivity index (χ0) is 12.1. The van der Waals surface area contributed by atoms with E-state index in [9.17, 15) is 4.79 Å². The average Bonchev–Trinajstić information content (AvgIpc) is 2.89. The molecule has 1 saturated carbocycles. The Morgan fingerprint density at radius 2 is 2.12 bits per heavy atom. The Kier molecular flexibility index (Phi) is 4.15. The summed E-state index contributed by atoms with van der Waals surface area (Å²) < 4.78 is 10.7. The fourth-order valence-corrected chi connectivity index (χ4v) is 2.13. The molecular formula is C14H18O3. The van der Waals surface area contributed by atoms with Gasteiger partial charge in [-0.15, -0.1) is 0 Å². The second-order valence-electron chi connectivity index (χ2n) is 4.37. The van der Waals surface area contributed by atoms with Gasteiger partial charge >= 0.3 is 0 Å². The Morgan fingerprint density at radius 1 is 1.35 bits per heavy atom. The molecule has 0 saturated heterocycles. The van der Waals surface area contributed by atoms with Crippen LogP contribution in [0.15, 0.2) is 24.3 Å². The van der Waals surface area contributed by atoms with E-state index in [0.717, 1.165) is 12.8 Å². The molecule has 3 heteroatoms. The SMILES string of the molecule is COc1cccc(C(=O)COC2CCCC2)c1. The van der Waals surface area contributed by atoms with Crippen LogP contribution in [-0.4, -0.2) is 25.6 Å². The van der Waals surface area contributed by atoms with Gasteiger partial charge in [-0.3, -0.25) is 4.79 Å². The van der Waals surface area contributed by atoms with Crippen LogP contribution in [0.4, 0.5) is 0 Å². The first kappa shape index (κ1) is 12.1. The van der Waals surface area contributed by atoms with Crippen LogP contribution >= 0.6 is 0 Å². The average molecular weight is 234 g/mol. The van der Waals surface area contributed by atoms with E-state index in [4.69, 9.17) is 9.47 Å². The number of Topliss-reactive ketones (excluding diaryl/α,β-unsaturated/α-hetero) is 1. The summed E-state index contributed by atoms with van der Waals surface area (Å²) in [6.07, 6.45) is 4.90. The van der Waals surface area contributed by atoms with Crippen molar-refractivity contribution in [2.24, 2.45) is 0 Å². The van der Waals surface area contributed by atoms with Gasteiger partial charge in [-0.05, 0) is 25.0 Å². The largest absolute Gasteiger partial charge is 0.497 e. The molecule has 0 radical (unpaired) electrons. The Bertz CT molecular complexity index is 381. The summed E-state index contributed by atoms with van der Waals surface area (Å²) in [5, 5.41) is 0. The third kappa shape index (κ3) is 3.30. The first-order valence-electron chi connectivity index (χ1n) is 6.08. The smallest absolute Gasteiger partial charge is 0.188 e. The van der Waals surface area contributed by atoms with Gasteiger partial charge in [0.25, 0.3) is 0 Å². The monoisotopic (exact) mass is 234 g/mol. The molecule has 0 spiro atoms. The second-order valence-corrected chi connectivity index (χ2v) is 4.37. The summed E-state index contributed by atoms with van der Waals surface area (Å²) in [6.45, 7) is 0.178. The Morgan fingerprint density at radius 3 is 2.82 bits per heavy atom. The highest BCUT2D eigenvalue weighted by Gasteiger charge is 2.17. The molecule has 1 fully saturated rings. The normalized spacial score (nSPS) is 16.1. The Balaban J connectivity index is 1.89. The molecule has 3 nitrogen and oxygen atoms in total. The molecule has 1 aromatic carbocycles. The molecule has 17 heavy (non-hydrogen) atoms. The van der Waals surface area contributed by atoms with Crippen LogP contribution in [0.25, 0.3) is 0 Å². The van der Waals surface area contributed by atoms with Crippen LogP contribution in [-0.2, 0) is 4.74 Å². The molecule has 1 aliphatic rings. The third-order valence-electron chi connectivity index (χ3n) is 3.14. The molecule has 0 atom stereocenters. The van der Waals surface area contributed by atoms with E-state index < -0.39 is 0 Å². The van der Waals surface area contributed by atoms with Crippen molar-refractivity contribution in [1.29, 1.82) is 0 Å². The number of methoxy groups -OCH3 is 1. The number of benzene rings is 1. The fourth-order valence-electron chi connectivity index (χ4n) is 2.13. The summed E-state index contributed by atoms with van der Waals surface area (Å²) >= 11 is 0. The Labute approximate surface area is 102 Å². The van der Waals surface area contributed by atoms with Crippen molar-refractivity contribution in [1.82, 2.24) is 0 Å². The van der Waals surface area contributed by atoms with E-state index in [1.165, 1.54) is 12.8 Å². The summed E-state index contributed by atoms with van der Waals surface area (Å²) in [6, 6.07) is 7.19. The lowest BCUT2D eigenvalue weighted by atomic mass is 10.1. The molecule has 0 unspecified atom stereocenters. The minimum atomic E-state index is 0.0239. The van der Waals surface area contributed by atoms with Gasteiger partial charge in [0, 0.05) is 5.56 Å². The highest BCUT2D eigenvalue weighted by atomic mass is 16.5. The van der Waals surface area contributed by atoms with Crippen LogP contribution in [0.5, 0.6) is 5.75 Å². The lowest BCUT2D eigenvalue weighted by Crippen LogP contribution is -2.15. The van der Waals surface area contributed by atoms with Gasteiger partial charge in [-0.25, -0.2) is 0 Å². The highest BCUT2D eigenvalue weighted by Crippen LogP contribution is 2.21. The Hall–Kier alpha value is -1.35. The molecule has 0 aromatic heterocycles. The molecule has 1 aliphatic carbocycles. The maximum Gasteiger partial charge on any atom is 0.188 e. The molecule has 0 N–H and O–H groups in total. The predicted molar refractivity (Wildman–Crippen MR) is 65.5 cm³/mol. The van der Waals surface area contributed by atoms with Crippen molar-refractivity contribution >= 4 is 5.78 Å². The zero-order valence-electron chi connectivity index (χ0n) is 10.1. The standard InChI is InChI=1S/C14H18O3/c1-16-13-8-4-5-11(9-13)14(15)10-17-12-6-2-3-7-12/h4-5,8-9,12H,2-3,6-7,10H2,1H3. The van der Waals surface area contributed by atoms with Crippen molar-refractivity contribution in [2.75, 3.05) is 13.7 Å².